The Morgan fingerprint density at radius 3 is 2.38 bits per heavy atom. The third kappa shape index (κ3) is 4.84. The maximum Gasteiger partial charge on any atom is 0.0577 e. The van der Waals surface area contributed by atoms with Crippen LogP contribution in [0.5, 0.6) is 0 Å². The predicted octanol–water partition coefficient (Wildman–Crippen LogP) is 3.52. The molecule has 2 nitrogen and oxygen atoms in total. The molecule has 1 N–H and O–H groups in total. The van der Waals surface area contributed by atoms with E-state index in [1.165, 1.54) is 38.5 Å². The van der Waals surface area contributed by atoms with Crippen molar-refractivity contribution in [3.05, 3.63) is 0 Å². The molecule has 2 unspecified atom stereocenters. The van der Waals surface area contributed by atoms with Crippen LogP contribution in [0.2, 0.25) is 0 Å². The van der Waals surface area contributed by atoms with Crippen molar-refractivity contribution >= 4 is 0 Å². The van der Waals surface area contributed by atoms with E-state index < -0.39 is 0 Å². The molecule has 0 amide bonds. The van der Waals surface area contributed by atoms with Crippen LogP contribution in [0.1, 0.15) is 65.2 Å². The molecule has 2 heteroatoms. The van der Waals surface area contributed by atoms with Crippen molar-refractivity contribution in [2.75, 3.05) is 6.61 Å². The van der Waals surface area contributed by atoms with Crippen molar-refractivity contribution in [3.8, 4) is 0 Å². The highest BCUT2D eigenvalue weighted by molar-refractivity contribution is 4.72. The Balaban J connectivity index is 2.21. The van der Waals surface area contributed by atoms with Gasteiger partial charge in [0.05, 0.1) is 12.2 Å². The molecule has 0 aromatic heterocycles. The van der Waals surface area contributed by atoms with Gasteiger partial charge in [0.1, 0.15) is 0 Å². The van der Waals surface area contributed by atoms with E-state index in [4.69, 9.17) is 4.74 Å². The molecule has 16 heavy (non-hydrogen) atoms. The first-order valence-corrected chi connectivity index (χ1v) is 7.07. The molecule has 1 aliphatic heterocycles. The first-order valence-electron chi connectivity index (χ1n) is 7.07. The van der Waals surface area contributed by atoms with Crippen LogP contribution in [-0.4, -0.2) is 23.9 Å². The standard InChI is InChI=1S/C14H28O2/c1-3-6-12(7-4-2)14(15)10-9-13-8-5-11-16-13/h12-15H,3-11H2,1-2H3. The van der Waals surface area contributed by atoms with Gasteiger partial charge in [0.25, 0.3) is 0 Å². The molecule has 1 fully saturated rings. The molecular weight excluding hydrogens is 200 g/mol. The maximum absolute atomic E-state index is 10.2. The number of aliphatic hydroxyl groups excluding tert-OH is 1. The average molecular weight is 228 g/mol. The smallest absolute Gasteiger partial charge is 0.0577 e. The molecule has 1 saturated heterocycles. The second-order valence-electron chi connectivity index (χ2n) is 5.12. The van der Waals surface area contributed by atoms with Gasteiger partial charge in [-0.3, -0.25) is 0 Å². The Bertz CT molecular complexity index is 158. The van der Waals surface area contributed by atoms with Crippen molar-refractivity contribution < 1.29 is 9.84 Å². The summed E-state index contributed by atoms with van der Waals surface area (Å²) in [4.78, 5) is 0. The van der Waals surface area contributed by atoms with E-state index in [0.29, 0.717) is 12.0 Å². The van der Waals surface area contributed by atoms with Gasteiger partial charge in [-0.1, -0.05) is 26.7 Å². The zero-order chi connectivity index (χ0) is 11.8. The van der Waals surface area contributed by atoms with E-state index in [9.17, 15) is 5.11 Å². The second kappa shape index (κ2) is 8.08. The van der Waals surface area contributed by atoms with Gasteiger partial charge in [0, 0.05) is 6.61 Å². The maximum atomic E-state index is 10.2. The molecule has 0 spiro atoms. The number of rotatable bonds is 8. The van der Waals surface area contributed by atoms with Gasteiger partial charge in [0.15, 0.2) is 0 Å². The molecule has 0 bridgehead atoms. The lowest BCUT2D eigenvalue weighted by Gasteiger charge is -2.23. The number of aliphatic hydroxyl groups is 1. The van der Waals surface area contributed by atoms with Gasteiger partial charge in [-0.25, -0.2) is 0 Å². The summed E-state index contributed by atoms with van der Waals surface area (Å²) in [6, 6.07) is 0. The number of ether oxygens (including phenoxy) is 1. The minimum Gasteiger partial charge on any atom is -0.393 e. The quantitative estimate of drug-likeness (QED) is 0.688. The van der Waals surface area contributed by atoms with Gasteiger partial charge in [-0.15, -0.1) is 0 Å². The summed E-state index contributed by atoms with van der Waals surface area (Å²) in [6.07, 6.45) is 9.39. The fraction of sp³-hybridized carbons (Fsp3) is 1.00. The molecule has 1 aliphatic rings. The average Bonchev–Trinajstić information content (AvgIpc) is 2.78. The molecule has 1 rings (SSSR count). The molecule has 0 aliphatic carbocycles. The summed E-state index contributed by atoms with van der Waals surface area (Å²) < 4.78 is 5.59. The Kier molecular flexibility index (Phi) is 7.06. The molecule has 2 atom stereocenters. The predicted molar refractivity (Wildman–Crippen MR) is 67.5 cm³/mol. The zero-order valence-electron chi connectivity index (χ0n) is 11.0. The first-order chi connectivity index (χ1) is 7.77. The summed E-state index contributed by atoms with van der Waals surface area (Å²) in [7, 11) is 0. The van der Waals surface area contributed by atoms with E-state index >= 15 is 0 Å². The van der Waals surface area contributed by atoms with Crippen molar-refractivity contribution in [2.24, 2.45) is 5.92 Å². The van der Waals surface area contributed by atoms with Crippen molar-refractivity contribution in [2.45, 2.75) is 77.4 Å². The SMILES string of the molecule is CCCC(CCC)C(O)CCC1CCCO1. The van der Waals surface area contributed by atoms with Crippen molar-refractivity contribution in [3.63, 3.8) is 0 Å². The zero-order valence-corrected chi connectivity index (χ0v) is 11.0. The van der Waals surface area contributed by atoms with E-state index in [1.54, 1.807) is 0 Å². The van der Waals surface area contributed by atoms with Crippen molar-refractivity contribution in [1.82, 2.24) is 0 Å². The molecule has 1 heterocycles. The van der Waals surface area contributed by atoms with Crippen LogP contribution in [0.15, 0.2) is 0 Å². The van der Waals surface area contributed by atoms with Crippen LogP contribution in [0.4, 0.5) is 0 Å². The Morgan fingerprint density at radius 1 is 1.19 bits per heavy atom. The van der Waals surface area contributed by atoms with Gasteiger partial charge in [-0.2, -0.15) is 0 Å². The van der Waals surface area contributed by atoms with Crippen LogP contribution in [0, 0.1) is 5.92 Å². The molecule has 0 saturated carbocycles. The number of hydrogen-bond donors (Lipinski definition) is 1. The van der Waals surface area contributed by atoms with Crippen LogP contribution >= 0.6 is 0 Å². The van der Waals surface area contributed by atoms with E-state index in [0.717, 1.165) is 19.4 Å². The third-order valence-electron chi connectivity index (χ3n) is 3.67. The fourth-order valence-electron chi connectivity index (χ4n) is 2.74. The van der Waals surface area contributed by atoms with Crippen LogP contribution in [0.25, 0.3) is 0 Å². The second-order valence-corrected chi connectivity index (χ2v) is 5.12. The van der Waals surface area contributed by atoms with E-state index in [2.05, 4.69) is 13.8 Å². The Hall–Kier alpha value is -0.0800. The minimum atomic E-state index is -0.107. The molecule has 0 aromatic rings. The molecule has 96 valence electrons. The highest BCUT2D eigenvalue weighted by atomic mass is 16.5. The monoisotopic (exact) mass is 228 g/mol. The van der Waals surface area contributed by atoms with Crippen LogP contribution in [-0.2, 0) is 4.74 Å². The highest BCUT2D eigenvalue weighted by Crippen LogP contribution is 2.24. The summed E-state index contributed by atoms with van der Waals surface area (Å²) in [5.41, 5.74) is 0. The van der Waals surface area contributed by atoms with Crippen LogP contribution < -0.4 is 0 Å². The highest BCUT2D eigenvalue weighted by Gasteiger charge is 2.21. The Morgan fingerprint density at radius 2 is 1.88 bits per heavy atom. The van der Waals surface area contributed by atoms with Gasteiger partial charge in [-0.05, 0) is 44.4 Å². The first kappa shape index (κ1) is 14.0. The third-order valence-corrected chi connectivity index (χ3v) is 3.67. The van der Waals surface area contributed by atoms with Gasteiger partial charge >= 0.3 is 0 Å². The normalized spacial score (nSPS) is 22.9. The summed E-state index contributed by atoms with van der Waals surface area (Å²) in [6.45, 7) is 5.33. The summed E-state index contributed by atoms with van der Waals surface area (Å²) in [5.74, 6) is 0.511. The topological polar surface area (TPSA) is 29.5 Å². The Labute approximate surface area is 100 Å². The lowest BCUT2D eigenvalue weighted by molar-refractivity contribution is 0.0534. The lowest BCUT2D eigenvalue weighted by atomic mass is 9.89. The van der Waals surface area contributed by atoms with Crippen molar-refractivity contribution in [1.29, 1.82) is 0 Å². The molecule has 0 radical (unpaired) electrons. The lowest BCUT2D eigenvalue weighted by Crippen LogP contribution is -2.22. The molecular formula is C14H28O2. The summed E-state index contributed by atoms with van der Waals surface area (Å²) >= 11 is 0. The van der Waals surface area contributed by atoms with E-state index in [-0.39, 0.29) is 6.10 Å². The van der Waals surface area contributed by atoms with Gasteiger partial charge < -0.3 is 9.84 Å². The van der Waals surface area contributed by atoms with E-state index in [1.807, 2.05) is 0 Å². The number of hydrogen-bond acceptors (Lipinski definition) is 2. The van der Waals surface area contributed by atoms with Gasteiger partial charge in [0.2, 0.25) is 0 Å². The van der Waals surface area contributed by atoms with Crippen LogP contribution in [0.3, 0.4) is 0 Å². The minimum absolute atomic E-state index is 0.107. The summed E-state index contributed by atoms with van der Waals surface area (Å²) in [5, 5.41) is 10.2. The fourth-order valence-corrected chi connectivity index (χ4v) is 2.74. The largest absolute Gasteiger partial charge is 0.393 e. The molecule has 0 aromatic carbocycles.